The highest BCUT2D eigenvalue weighted by molar-refractivity contribution is 5.97. The van der Waals surface area contributed by atoms with Crippen molar-refractivity contribution < 1.29 is 29.3 Å². The number of carbonyl (C=O) groups is 3. The number of aromatic hydroxyl groups is 1. The van der Waals surface area contributed by atoms with Gasteiger partial charge in [0.25, 0.3) is 5.91 Å². The Hall–Kier alpha value is -3.39. The summed E-state index contributed by atoms with van der Waals surface area (Å²) in [7, 11) is 1.25. The maximum atomic E-state index is 12.7. The summed E-state index contributed by atoms with van der Waals surface area (Å²) in [6, 6.07) is 13.7. The van der Waals surface area contributed by atoms with Gasteiger partial charge in [-0.05, 0) is 36.5 Å². The van der Waals surface area contributed by atoms with Crippen molar-refractivity contribution in [2.75, 3.05) is 7.11 Å². The largest absolute Gasteiger partial charge is 0.507 e. The van der Waals surface area contributed by atoms with Crippen molar-refractivity contribution in [1.82, 2.24) is 10.6 Å². The molecule has 2 aromatic carbocycles. The minimum Gasteiger partial charge on any atom is -0.507 e. The first-order chi connectivity index (χ1) is 15.7. The number of rotatable bonds is 11. The number of nitrogens with one attached hydrogen (secondary N) is 2. The van der Waals surface area contributed by atoms with Crippen LogP contribution in [0.5, 0.6) is 5.75 Å². The molecule has 0 aliphatic heterocycles. The maximum absolute atomic E-state index is 12.7. The molecule has 0 aliphatic rings. The van der Waals surface area contributed by atoms with Crippen LogP contribution < -0.4 is 10.6 Å². The van der Waals surface area contributed by atoms with Crippen molar-refractivity contribution in [3.05, 3.63) is 65.7 Å². The third-order valence-corrected chi connectivity index (χ3v) is 5.15. The molecule has 0 bridgehead atoms. The van der Waals surface area contributed by atoms with Gasteiger partial charge in [-0.25, -0.2) is 4.79 Å². The van der Waals surface area contributed by atoms with Crippen molar-refractivity contribution in [1.29, 1.82) is 0 Å². The number of methoxy groups -OCH3 is 1. The number of esters is 1. The van der Waals surface area contributed by atoms with E-state index in [1.165, 1.54) is 19.2 Å². The summed E-state index contributed by atoms with van der Waals surface area (Å²) >= 11 is 0. The van der Waals surface area contributed by atoms with Crippen LogP contribution in [0.3, 0.4) is 0 Å². The number of phenols is 1. The summed E-state index contributed by atoms with van der Waals surface area (Å²) in [5.41, 5.74) is 0.918. The molecule has 8 nitrogen and oxygen atoms in total. The van der Waals surface area contributed by atoms with E-state index in [-0.39, 0.29) is 30.1 Å². The second kappa shape index (κ2) is 12.6. The second-order valence-electron chi connectivity index (χ2n) is 8.33. The summed E-state index contributed by atoms with van der Waals surface area (Å²) < 4.78 is 4.76. The number of hydrogen-bond acceptors (Lipinski definition) is 6. The molecule has 33 heavy (non-hydrogen) atoms. The third-order valence-electron chi connectivity index (χ3n) is 5.15. The first kappa shape index (κ1) is 25.9. The van der Waals surface area contributed by atoms with Crippen molar-refractivity contribution in [2.45, 2.75) is 51.3 Å². The molecule has 2 rings (SSSR count). The fourth-order valence-electron chi connectivity index (χ4n) is 3.48. The zero-order chi connectivity index (χ0) is 24.4. The monoisotopic (exact) mass is 456 g/mol. The van der Waals surface area contributed by atoms with Gasteiger partial charge in [0.2, 0.25) is 5.91 Å². The average Bonchev–Trinajstić information content (AvgIpc) is 2.78. The summed E-state index contributed by atoms with van der Waals surface area (Å²) in [6.45, 7) is 3.84. The molecule has 0 spiro atoms. The number of ether oxygens (including phenoxy) is 1. The van der Waals surface area contributed by atoms with E-state index in [1.54, 1.807) is 12.1 Å². The van der Waals surface area contributed by atoms with Crippen molar-refractivity contribution in [3.63, 3.8) is 0 Å². The lowest BCUT2D eigenvalue weighted by Gasteiger charge is -2.25. The Morgan fingerprint density at radius 2 is 1.61 bits per heavy atom. The van der Waals surface area contributed by atoms with Crippen LogP contribution in [0.4, 0.5) is 0 Å². The molecule has 0 saturated carbocycles. The lowest BCUT2D eigenvalue weighted by atomic mass is 9.97. The van der Waals surface area contributed by atoms with Crippen LogP contribution in [0.15, 0.2) is 54.6 Å². The summed E-state index contributed by atoms with van der Waals surface area (Å²) in [5, 5.41) is 26.2. The predicted molar refractivity (Wildman–Crippen MR) is 124 cm³/mol. The predicted octanol–water partition coefficient (Wildman–Crippen LogP) is 2.19. The lowest BCUT2D eigenvalue weighted by Crippen LogP contribution is -2.48. The van der Waals surface area contributed by atoms with E-state index in [2.05, 4.69) is 10.6 Å². The Kier molecular flexibility index (Phi) is 9.87. The Labute approximate surface area is 194 Å². The van der Waals surface area contributed by atoms with Gasteiger partial charge in [-0.15, -0.1) is 0 Å². The topological polar surface area (TPSA) is 125 Å². The molecule has 0 heterocycles. The van der Waals surface area contributed by atoms with Gasteiger partial charge in [0.1, 0.15) is 11.8 Å². The molecule has 0 aromatic heterocycles. The van der Waals surface area contributed by atoms with E-state index < -0.39 is 36.0 Å². The minimum atomic E-state index is -1.24. The number of para-hydroxylation sites is 1. The Morgan fingerprint density at radius 1 is 0.970 bits per heavy atom. The van der Waals surface area contributed by atoms with Gasteiger partial charge in [0.15, 0.2) is 0 Å². The van der Waals surface area contributed by atoms with Gasteiger partial charge in [-0.3, -0.25) is 9.59 Å². The lowest BCUT2D eigenvalue weighted by molar-refractivity contribution is -0.145. The zero-order valence-electron chi connectivity index (χ0n) is 19.2. The third kappa shape index (κ3) is 8.23. The van der Waals surface area contributed by atoms with Crippen LogP contribution in [-0.2, 0) is 20.7 Å². The molecule has 0 radical (unpaired) electrons. The number of aliphatic hydroxyl groups is 1. The van der Waals surface area contributed by atoms with Crippen LogP contribution >= 0.6 is 0 Å². The Morgan fingerprint density at radius 3 is 2.21 bits per heavy atom. The molecule has 8 heteroatoms. The first-order valence-corrected chi connectivity index (χ1v) is 10.9. The van der Waals surface area contributed by atoms with E-state index in [1.807, 2.05) is 44.2 Å². The van der Waals surface area contributed by atoms with Gasteiger partial charge >= 0.3 is 5.97 Å². The molecule has 0 saturated heterocycles. The second-order valence-corrected chi connectivity index (χ2v) is 8.33. The van der Waals surface area contributed by atoms with Gasteiger partial charge in [-0.2, -0.15) is 0 Å². The van der Waals surface area contributed by atoms with Crippen LogP contribution in [0, 0.1) is 5.92 Å². The number of amides is 2. The SMILES string of the molecule is COC(=O)[C@H](CC(C)C)NC(=O)C[C@H](O)[C@H](Cc1ccccc1)NC(=O)c1ccccc1O. The molecule has 0 fully saturated rings. The highest BCUT2D eigenvalue weighted by Crippen LogP contribution is 2.17. The zero-order valence-corrected chi connectivity index (χ0v) is 19.2. The number of carbonyl (C=O) groups excluding carboxylic acids is 3. The molecule has 0 aliphatic carbocycles. The molecule has 178 valence electrons. The van der Waals surface area contributed by atoms with Crippen molar-refractivity contribution in [3.8, 4) is 5.75 Å². The van der Waals surface area contributed by atoms with Crippen LogP contribution in [0.2, 0.25) is 0 Å². The minimum absolute atomic E-state index is 0.0647. The standard InChI is InChI=1S/C25H32N2O6/c1-16(2)13-20(25(32)33-3)26-23(30)15-22(29)19(14-17-9-5-4-6-10-17)27-24(31)18-11-7-8-12-21(18)28/h4-12,16,19-20,22,28-29H,13-15H2,1-3H3,(H,26,30)(H,27,31)/t19-,20-,22-/m0/s1. The molecule has 4 N–H and O–H groups in total. The number of aliphatic hydroxyl groups excluding tert-OH is 1. The van der Waals surface area contributed by atoms with Crippen LogP contribution in [0.1, 0.15) is 42.6 Å². The number of phenolic OH excluding ortho intramolecular Hbond substituents is 1. The van der Waals surface area contributed by atoms with E-state index in [0.717, 1.165) is 5.56 Å². The van der Waals surface area contributed by atoms with Crippen molar-refractivity contribution >= 4 is 17.8 Å². The number of benzene rings is 2. The van der Waals surface area contributed by atoms with E-state index in [0.29, 0.717) is 6.42 Å². The molecule has 2 amide bonds. The van der Waals surface area contributed by atoms with E-state index >= 15 is 0 Å². The van der Waals surface area contributed by atoms with Gasteiger partial charge in [0, 0.05) is 0 Å². The van der Waals surface area contributed by atoms with Crippen LogP contribution in [-0.4, -0.2) is 53.3 Å². The van der Waals surface area contributed by atoms with Crippen molar-refractivity contribution in [2.24, 2.45) is 5.92 Å². The highest BCUT2D eigenvalue weighted by atomic mass is 16.5. The fraction of sp³-hybridized carbons (Fsp3) is 0.400. The molecular formula is C25H32N2O6. The fourth-order valence-corrected chi connectivity index (χ4v) is 3.48. The first-order valence-electron chi connectivity index (χ1n) is 10.9. The summed E-state index contributed by atoms with van der Waals surface area (Å²) in [5.74, 6) is -1.70. The molecule has 3 atom stereocenters. The van der Waals surface area contributed by atoms with E-state index in [4.69, 9.17) is 4.74 Å². The average molecular weight is 457 g/mol. The Bertz CT molecular complexity index is 932. The quantitative estimate of drug-likeness (QED) is 0.384. The van der Waals surface area contributed by atoms with Gasteiger partial charge < -0.3 is 25.6 Å². The molecule has 2 aromatic rings. The van der Waals surface area contributed by atoms with Crippen LogP contribution in [0.25, 0.3) is 0 Å². The molecular weight excluding hydrogens is 424 g/mol. The normalized spacial score (nSPS) is 13.6. The summed E-state index contributed by atoms with van der Waals surface area (Å²) in [4.78, 5) is 37.3. The summed E-state index contributed by atoms with van der Waals surface area (Å²) in [6.07, 6.45) is -0.908. The Balaban J connectivity index is 2.14. The number of hydrogen-bond donors (Lipinski definition) is 4. The molecule has 0 unspecified atom stereocenters. The van der Waals surface area contributed by atoms with Gasteiger partial charge in [0.05, 0.1) is 31.2 Å². The maximum Gasteiger partial charge on any atom is 0.328 e. The van der Waals surface area contributed by atoms with E-state index in [9.17, 15) is 24.6 Å². The smallest absolute Gasteiger partial charge is 0.328 e. The van der Waals surface area contributed by atoms with Gasteiger partial charge in [-0.1, -0.05) is 56.3 Å². The highest BCUT2D eigenvalue weighted by Gasteiger charge is 2.28.